The summed E-state index contributed by atoms with van der Waals surface area (Å²) in [4.78, 5) is 22.3. The maximum Gasteiger partial charge on any atom is 0.307 e. The molecule has 2 aliphatic rings. The normalized spacial score (nSPS) is 37.1. The molecule has 0 heterocycles. The number of nitrogens with one attached hydrogen (secondary N) is 1. The third kappa shape index (κ3) is 2.35. The van der Waals surface area contributed by atoms with E-state index in [0.717, 1.165) is 19.3 Å². The molecule has 1 amide bonds. The first-order chi connectivity index (χ1) is 7.61. The molecule has 0 bridgehead atoms. The molecule has 4 atom stereocenters. The molecule has 0 spiro atoms. The van der Waals surface area contributed by atoms with Gasteiger partial charge in [0.1, 0.15) is 0 Å². The van der Waals surface area contributed by atoms with Gasteiger partial charge in [-0.05, 0) is 25.7 Å². The average Bonchev–Trinajstić information content (AvgIpc) is 2.94. The van der Waals surface area contributed by atoms with Crippen molar-refractivity contribution in [1.82, 2.24) is 5.32 Å². The van der Waals surface area contributed by atoms with Gasteiger partial charge in [-0.25, -0.2) is 0 Å². The lowest BCUT2D eigenvalue weighted by molar-refractivity contribution is -0.140. The van der Waals surface area contributed by atoms with Crippen LogP contribution in [0.5, 0.6) is 0 Å². The molecule has 0 saturated heterocycles. The summed E-state index contributed by atoms with van der Waals surface area (Å²) in [5.41, 5.74) is 0. The van der Waals surface area contributed by atoms with Gasteiger partial charge in [0.2, 0.25) is 5.91 Å². The highest BCUT2D eigenvalue weighted by Gasteiger charge is 2.48. The minimum absolute atomic E-state index is 0.103. The van der Waals surface area contributed by atoms with Crippen LogP contribution in [0.15, 0.2) is 0 Å². The number of ether oxygens (including phenoxy) is 1. The van der Waals surface area contributed by atoms with Crippen LogP contribution >= 0.6 is 0 Å². The highest BCUT2D eigenvalue weighted by molar-refractivity contribution is 5.89. The molecule has 0 aromatic rings. The molecule has 5 nitrogen and oxygen atoms in total. The third-order valence-electron chi connectivity index (χ3n) is 3.51. The first-order valence-electron chi connectivity index (χ1n) is 5.67. The van der Waals surface area contributed by atoms with Crippen molar-refractivity contribution < 1.29 is 19.4 Å². The highest BCUT2D eigenvalue weighted by Crippen LogP contribution is 2.39. The monoisotopic (exact) mass is 227 g/mol. The molecule has 2 N–H and O–H groups in total. The van der Waals surface area contributed by atoms with E-state index in [1.54, 1.807) is 7.11 Å². The molecule has 0 aliphatic heterocycles. The van der Waals surface area contributed by atoms with Gasteiger partial charge >= 0.3 is 5.97 Å². The zero-order valence-corrected chi connectivity index (χ0v) is 9.31. The Hall–Kier alpha value is -1.10. The number of amides is 1. The SMILES string of the molecule is COC1CCC(NC(=O)[C@@H]2C[C@@H]2C(=O)O)C1. The van der Waals surface area contributed by atoms with Crippen molar-refractivity contribution in [2.45, 2.75) is 37.8 Å². The number of aliphatic carboxylic acids is 1. The van der Waals surface area contributed by atoms with E-state index >= 15 is 0 Å². The number of methoxy groups -OCH3 is 1. The zero-order valence-electron chi connectivity index (χ0n) is 9.31. The van der Waals surface area contributed by atoms with Crippen LogP contribution in [0.4, 0.5) is 0 Å². The second kappa shape index (κ2) is 4.41. The largest absolute Gasteiger partial charge is 0.481 e. The number of carboxylic acid groups (broad SMARTS) is 1. The van der Waals surface area contributed by atoms with Crippen LogP contribution in [-0.4, -0.2) is 36.2 Å². The summed E-state index contributed by atoms with van der Waals surface area (Å²) in [5.74, 6) is -1.73. The summed E-state index contributed by atoms with van der Waals surface area (Å²) < 4.78 is 5.21. The first kappa shape index (κ1) is 11.4. The molecule has 5 heteroatoms. The summed E-state index contributed by atoms with van der Waals surface area (Å²) in [6.45, 7) is 0. The van der Waals surface area contributed by atoms with Crippen LogP contribution in [0.1, 0.15) is 25.7 Å². The van der Waals surface area contributed by atoms with Crippen LogP contribution in [0, 0.1) is 11.8 Å². The number of hydrogen-bond acceptors (Lipinski definition) is 3. The highest BCUT2D eigenvalue weighted by atomic mass is 16.5. The molecule has 2 rings (SSSR count). The van der Waals surface area contributed by atoms with Crippen LogP contribution in [-0.2, 0) is 14.3 Å². The fourth-order valence-corrected chi connectivity index (χ4v) is 2.35. The molecular formula is C11H17NO4. The molecule has 2 unspecified atom stereocenters. The van der Waals surface area contributed by atoms with Crippen LogP contribution in [0.25, 0.3) is 0 Å². The second-order valence-electron chi connectivity index (χ2n) is 4.66. The Labute approximate surface area is 94.2 Å². The number of hydrogen-bond donors (Lipinski definition) is 2. The van der Waals surface area contributed by atoms with Crippen molar-refractivity contribution in [3.63, 3.8) is 0 Å². The molecule has 16 heavy (non-hydrogen) atoms. The number of carbonyl (C=O) groups is 2. The van der Waals surface area contributed by atoms with Gasteiger partial charge in [0.05, 0.1) is 17.9 Å². The zero-order chi connectivity index (χ0) is 11.7. The minimum atomic E-state index is -0.860. The molecule has 2 fully saturated rings. The van der Waals surface area contributed by atoms with Crippen molar-refractivity contribution in [2.75, 3.05) is 7.11 Å². The molecule has 2 aliphatic carbocycles. The molecular weight excluding hydrogens is 210 g/mol. The lowest BCUT2D eigenvalue weighted by atomic mass is 10.2. The fraction of sp³-hybridized carbons (Fsp3) is 0.818. The van der Waals surface area contributed by atoms with Gasteiger partial charge in [0.25, 0.3) is 0 Å². The third-order valence-corrected chi connectivity index (χ3v) is 3.51. The Bertz CT molecular complexity index is 304. The van der Waals surface area contributed by atoms with Crippen LogP contribution in [0.2, 0.25) is 0 Å². The van der Waals surface area contributed by atoms with E-state index in [1.807, 2.05) is 0 Å². The summed E-state index contributed by atoms with van der Waals surface area (Å²) in [7, 11) is 1.68. The Balaban J connectivity index is 1.75. The standard InChI is InChI=1S/C11H17NO4/c1-16-7-3-2-6(4-7)12-10(13)8-5-9(8)11(14)15/h6-9H,2-5H2,1H3,(H,12,13)(H,14,15)/t6?,7?,8-,9+/m1/s1. The molecule has 2 saturated carbocycles. The molecule has 0 radical (unpaired) electrons. The van der Waals surface area contributed by atoms with Crippen molar-refractivity contribution >= 4 is 11.9 Å². The maximum atomic E-state index is 11.7. The summed E-state index contributed by atoms with van der Waals surface area (Å²) in [6.07, 6.45) is 3.46. The molecule has 90 valence electrons. The van der Waals surface area contributed by atoms with Gasteiger partial charge in [0, 0.05) is 13.2 Å². The van der Waals surface area contributed by atoms with Gasteiger partial charge < -0.3 is 15.2 Å². The van der Waals surface area contributed by atoms with Crippen LogP contribution in [0.3, 0.4) is 0 Å². The van der Waals surface area contributed by atoms with E-state index in [1.165, 1.54) is 0 Å². The molecule has 0 aromatic carbocycles. The van der Waals surface area contributed by atoms with Gasteiger partial charge in [-0.3, -0.25) is 9.59 Å². The van der Waals surface area contributed by atoms with E-state index in [4.69, 9.17) is 9.84 Å². The van der Waals surface area contributed by atoms with Gasteiger partial charge in [-0.15, -0.1) is 0 Å². The van der Waals surface area contributed by atoms with Crippen molar-refractivity contribution in [1.29, 1.82) is 0 Å². The van der Waals surface area contributed by atoms with E-state index in [2.05, 4.69) is 5.32 Å². The number of carbonyl (C=O) groups excluding carboxylic acids is 1. The Kier molecular flexibility index (Phi) is 3.14. The Morgan fingerprint density at radius 1 is 1.25 bits per heavy atom. The first-order valence-corrected chi connectivity index (χ1v) is 5.67. The van der Waals surface area contributed by atoms with Crippen molar-refractivity contribution in [2.24, 2.45) is 11.8 Å². The van der Waals surface area contributed by atoms with Gasteiger partial charge in [-0.2, -0.15) is 0 Å². The summed E-state index contributed by atoms with van der Waals surface area (Å²) in [6, 6.07) is 0.160. The van der Waals surface area contributed by atoms with Gasteiger partial charge in [0.15, 0.2) is 0 Å². The average molecular weight is 227 g/mol. The van der Waals surface area contributed by atoms with Crippen molar-refractivity contribution in [3.8, 4) is 0 Å². The fourth-order valence-electron chi connectivity index (χ4n) is 2.35. The van der Waals surface area contributed by atoms with Gasteiger partial charge in [-0.1, -0.05) is 0 Å². The molecule has 0 aromatic heterocycles. The lowest BCUT2D eigenvalue weighted by Crippen LogP contribution is -2.35. The lowest BCUT2D eigenvalue weighted by Gasteiger charge is -2.12. The number of carboxylic acids is 1. The topological polar surface area (TPSA) is 75.6 Å². The summed E-state index contributed by atoms with van der Waals surface area (Å²) >= 11 is 0. The van der Waals surface area contributed by atoms with E-state index in [0.29, 0.717) is 6.42 Å². The van der Waals surface area contributed by atoms with E-state index in [9.17, 15) is 9.59 Å². The Morgan fingerprint density at radius 2 is 2.00 bits per heavy atom. The Morgan fingerprint density at radius 3 is 2.50 bits per heavy atom. The quantitative estimate of drug-likeness (QED) is 0.728. The van der Waals surface area contributed by atoms with E-state index < -0.39 is 11.9 Å². The second-order valence-corrected chi connectivity index (χ2v) is 4.66. The van der Waals surface area contributed by atoms with E-state index in [-0.39, 0.29) is 24.0 Å². The maximum absolute atomic E-state index is 11.7. The predicted octanol–water partition coefficient (Wildman–Crippen LogP) is 0.391. The van der Waals surface area contributed by atoms with Crippen LogP contribution < -0.4 is 5.32 Å². The minimum Gasteiger partial charge on any atom is -0.481 e. The smallest absolute Gasteiger partial charge is 0.307 e. The summed E-state index contributed by atoms with van der Waals surface area (Å²) in [5, 5.41) is 11.6. The van der Waals surface area contributed by atoms with Crippen molar-refractivity contribution in [3.05, 3.63) is 0 Å². The predicted molar refractivity (Wildman–Crippen MR) is 55.8 cm³/mol. The number of rotatable bonds is 4.